The fourth-order valence-corrected chi connectivity index (χ4v) is 2.27. The van der Waals surface area contributed by atoms with Crippen LogP contribution in [0.1, 0.15) is 19.3 Å². The molecule has 1 saturated heterocycles. The van der Waals surface area contributed by atoms with Gasteiger partial charge in [-0.1, -0.05) is 0 Å². The lowest BCUT2D eigenvalue weighted by Crippen LogP contribution is -2.33. The number of aromatic nitrogens is 2. The van der Waals surface area contributed by atoms with Gasteiger partial charge in [0.05, 0.1) is 12.9 Å². The van der Waals surface area contributed by atoms with Gasteiger partial charge >= 0.3 is 0 Å². The van der Waals surface area contributed by atoms with Crippen LogP contribution in [0.5, 0.6) is 0 Å². The molecule has 2 rings (SSSR count). The van der Waals surface area contributed by atoms with Crippen molar-refractivity contribution in [1.82, 2.24) is 14.5 Å². The number of hydrogen-bond donors (Lipinski definition) is 1. The lowest BCUT2D eigenvalue weighted by molar-refractivity contribution is 0.156. The second-order valence-corrected chi connectivity index (χ2v) is 4.17. The van der Waals surface area contributed by atoms with Crippen LogP contribution in [0, 0.1) is 0 Å². The number of hydrogen-bond acceptors (Lipinski definition) is 3. The van der Waals surface area contributed by atoms with E-state index in [1.807, 2.05) is 18.7 Å². The molecule has 84 valence electrons. The van der Waals surface area contributed by atoms with Gasteiger partial charge in [-0.3, -0.25) is 4.90 Å². The van der Waals surface area contributed by atoms with Crippen molar-refractivity contribution in [2.45, 2.75) is 31.8 Å². The van der Waals surface area contributed by atoms with Gasteiger partial charge in [-0.15, -0.1) is 0 Å². The van der Waals surface area contributed by atoms with E-state index < -0.39 is 0 Å². The first-order valence-electron chi connectivity index (χ1n) is 5.71. The number of aryl methyl sites for hydroxylation is 1. The van der Waals surface area contributed by atoms with Gasteiger partial charge in [0.2, 0.25) is 0 Å². The molecule has 0 unspecified atom stereocenters. The molecule has 4 nitrogen and oxygen atoms in total. The Hall–Kier alpha value is -0.870. The molecule has 1 aromatic heterocycles. The number of aliphatic hydroxyl groups excluding tert-OH is 1. The van der Waals surface area contributed by atoms with Crippen molar-refractivity contribution in [1.29, 1.82) is 0 Å². The molecule has 1 fully saturated rings. The molecule has 1 N–H and O–H groups in total. The molecule has 1 aromatic rings. The van der Waals surface area contributed by atoms with E-state index in [4.69, 9.17) is 5.11 Å². The van der Waals surface area contributed by atoms with Gasteiger partial charge in [0.1, 0.15) is 0 Å². The summed E-state index contributed by atoms with van der Waals surface area (Å²) in [4.78, 5) is 6.41. The summed E-state index contributed by atoms with van der Waals surface area (Å²) < 4.78 is 2.10. The van der Waals surface area contributed by atoms with Gasteiger partial charge in [0.15, 0.2) is 0 Å². The Morgan fingerprint density at radius 2 is 2.33 bits per heavy atom. The highest BCUT2D eigenvalue weighted by Gasteiger charge is 2.22. The Morgan fingerprint density at radius 1 is 1.40 bits per heavy atom. The normalized spacial score (nSPS) is 22.3. The van der Waals surface area contributed by atoms with Crippen molar-refractivity contribution in [3.05, 3.63) is 18.7 Å². The summed E-state index contributed by atoms with van der Waals surface area (Å²) in [6, 6.07) is 0.410. The Morgan fingerprint density at radius 3 is 3.07 bits per heavy atom. The molecule has 15 heavy (non-hydrogen) atoms. The molecular formula is C11H19N3O. The minimum atomic E-state index is 0.311. The van der Waals surface area contributed by atoms with Gasteiger partial charge in [-0.2, -0.15) is 0 Å². The number of rotatable bonds is 5. The average molecular weight is 209 g/mol. The van der Waals surface area contributed by atoms with Gasteiger partial charge in [-0.05, 0) is 25.8 Å². The Bertz CT molecular complexity index is 273. The van der Waals surface area contributed by atoms with Crippen LogP contribution in [0.4, 0.5) is 0 Å². The van der Waals surface area contributed by atoms with Crippen LogP contribution >= 0.6 is 0 Å². The van der Waals surface area contributed by atoms with E-state index in [1.54, 1.807) is 0 Å². The number of likely N-dealkylation sites (tertiary alicyclic amines) is 1. The molecule has 0 bridgehead atoms. The second kappa shape index (κ2) is 5.28. The summed E-state index contributed by atoms with van der Waals surface area (Å²) in [6.45, 7) is 3.57. The molecule has 1 aliphatic rings. The molecular weight excluding hydrogens is 190 g/mol. The molecule has 1 aliphatic heterocycles. The van der Waals surface area contributed by atoms with E-state index in [2.05, 4.69) is 14.5 Å². The molecule has 0 aromatic carbocycles. The van der Waals surface area contributed by atoms with Gasteiger partial charge in [-0.25, -0.2) is 4.98 Å². The maximum Gasteiger partial charge on any atom is 0.0945 e. The Labute approximate surface area is 90.5 Å². The van der Waals surface area contributed by atoms with Crippen LogP contribution in [-0.2, 0) is 6.54 Å². The molecule has 0 spiro atoms. The lowest BCUT2D eigenvalue weighted by Gasteiger charge is -2.22. The zero-order chi connectivity index (χ0) is 10.5. The third kappa shape index (κ3) is 2.79. The maximum atomic E-state index is 9.16. The number of aliphatic hydroxyl groups is 1. The first kappa shape index (κ1) is 10.6. The first-order chi connectivity index (χ1) is 7.40. The summed E-state index contributed by atoms with van der Waals surface area (Å²) in [5, 5.41) is 9.16. The van der Waals surface area contributed by atoms with E-state index in [0.717, 1.165) is 32.5 Å². The summed E-state index contributed by atoms with van der Waals surface area (Å²) in [5.74, 6) is 0. The average Bonchev–Trinajstić information content (AvgIpc) is 2.88. The highest BCUT2D eigenvalue weighted by molar-refractivity contribution is 4.79. The summed E-state index contributed by atoms with van der Waals surface area (Å²) in [6.07, 6.45) is 9.18. The molecule has 2 heterocycles. The van der Waals surface area contributed by atoms with E-state index in [1.165, 1.54) is 6.42 Å². The lowest BCUT2D eigenvalue weighted by atomic mass is 10.2. The summed E-state index contributed by atoms with van der Waals surface area (Å²) in [5.41, 5.74) is 0. The quantitative estimate of drug-likeness (QED) is 0.777. The fraction of sp³-hybridized carbons (Fsp3) is 0.727. The van der Waals surface area contributed by atoms with Crippen molar-refractivity contribution >= 4 is 0 Å². The predicted molar refractivity (Wildman–Crippen MR) is 58.5 cm³/mol. The molecule has 0 saturated carbocycles. The minimum Gasteiger partial charge on any atom is -0.395 e. The summed E-state index contributed by atoms with van der Waals surface area (Å²) in [7, 11) is 0. The Kier molecular flexibility index (Phi) is 3.75. The molecule has 1 atom stereocenters. The first-order valence-corrected chi connectivity index (χ1v) is 5.71. The van der Waals surface area contributed by atoms with Crippen LogP contribution in [0.3, 0.4) is 0 Å². The van der Waals surface area contributed by atoms with Gasteiger partial charge < -0.3 is 9.67 Å². The summed E-state index contributed by atoms with van der Waals surface area (Å²) >= 11 is 0. The zero-order valence-electron chi connectivity index (χ0n) is 9.05. The highest BCUT2D eigenvalue weighted by atomic mass is 16.3. The van der Waals surface area contributed by atoms with Crippen LogP contribution < -0.4 is 0 Å². The van der Waals surface area contributed by atoms with Crippen molar-refractivity contribution in [3.8, 4) is 0 Å². The molecule has 4 heteroatoms. The maximum absolute atomic E-state index is 9.16. The number of imidazole rings is 1. The largest absolute Gasteiger partial charge is 0.395 e. The van der Waals surface area contributed by atoms with Crippen LogP contribution in [0.2, 0.25) is 0 Å². The highest BCUT2D eigenvalue weighted by Crippen LogP contribution is 2.16. The third-order valence-corrected chi connectivity index (χ3v) is 3.13. The van der Waals surface area contributed by atoms with Crippen LogP contribution in [0.15, 0.2) is 18.7 Å². The van der Waals surface area contributed by atoms with Gasteiger partial charge in [0, 0.05) is 31.5 Å². The topological polar surface area (TPSA) is 41.3 Å². The predicted octanol–water partition coefficient (Wildman–Crippen LogP) is 0.730. The molecule has 0 amide bonds. The van der Waals surface area contributed by atoms with Crippen molar-refractivity contribution < 1.29 is 5.11 Å². The SMILES string of the molecule is OC[C@H]1CCCN1CCCn1ccnc1. The standard InChI is InChI=1S/C11H19N3O/c15-9-11-3-1-6-14(11)7-2-5-13-8-4-12-10-13/h4,8,10-11,15H,1-3,5-7,9H2/t11-/m1/s1. The van der Waals surface area contributed by atoms with Gasteiger partial charge in [0.25, 0.3) is 0 Å². The smallest absolute Gasteiger partial charge is 0.0945 e. The third-order valence-electron chi connectivity index (χ3n) is 3.13. The van der Waals surface area contributed by atoms with Crippen LogP contribution in [-0.4, -0.2) is 45.3 Å². The molecule has 0 aliphatic carbocycles. The molecule has 0 radical (unpaired) electrons. The monoisotopic (exact) mass is 209 g/mol. The van der Waals surface area contributed by atoms with Crippen molar-refractivity contribution in [2.24, 2.45) is 0 Å². The van der Waals surface area contributed by atoms with E-state index in [-0.39, 0.29) is 0 Å². The van der Waals surface area contributed by atoms with E-state index in [9.17, 15) is 0 Å². The fourth-order valence-electron chi connectivity index (χ4n) is 2.27. The second-order valence-electron chi connectivity index (χ2n) is 4.17. The minimum absolute atomic E-state index is 0.311. The van der Waals surface area contributed by atoms with E-state index >= 15 is 0 Å². The van der Waals surface area contributed by atoms with E-state index in [0.29, 0.717) is 12.6 Å². The zero-order valence-corrected chi connectivity index (χ0v) is 9.05. The van der Waals surface area contributed by atoms with Crippen molar-refractivity contribution in [2.75, 3.05) is 19.7 Å². The van der Waals surface area contributed by atoms with Crippen molar-refractivity contribution in [3.63, 3.8) is 0 Å². The Balaban J connectivity index is 1.69. The van der Waals surface area contributed by atoms with Crippen LogP contribution in [0.25, 0.3) is 0 Å². The number of nitrogens with zero attached hydrogens (tertiary/aromatic N) is 3.